The van der Waals surface area contributed by atoms with Gasteiger partial charge in [0.25, 0.3) is 0 Å². The van der Waals surface area contributed by atoms with Crippen molar-refractivity contribution in [1.29, 1.82) is 0 Å². The van der Waals surface area contributed by atoms with Crippen LogP contribution in [0, 0.1) is 5.41 Å². The number of likely N-dealkylation sites (tertiary alicyclic amines) is 1. The highest BCUT2D eigenvalue weighted by atomic mass is 32.2. The maximum absolute atomic E-state index is 13.9. The van der Waals surface area contributed by atoms with Crippen LogP contribution in [0.25, 0.3) is 11.1 Å². The molecule has 39 heavy (non-hydrogen) atoms. The number of carbonyl (C=O) groups excluding carboxylic acids is 1. The zero-order valence-corrected chi connectivity index (χ0v) is 23.9. The Bertz CT molecular complexity index is 1290. The van der Waals surface area contributed by atoms with Crippen molar-refractivity contribution in [1.82, 2.24) is 19.5 Å². The summed E-state index contributed by atoms with van der Waals surface area (Å²) in [6.45, 7) is 9.59. The number of aliphatic hydroxyl groups is 1. The number of carbonyl (C=O) groups is 1. The zero-order valence-electron chi connectivity index (χ0n) is 23.1. The lowest BCUT2D eigenvalue weighted by Gasteiger charge is -2.43. The molecule has 0 aliphatic carbocycles. The number of hydrogen-bond acceptors (Lipinski definition) is 7. The van der Waals surface area contributed by atoms with E-state index in [1.807, 2.05) is 12.1 Å². The molecule has 0 unspecified atom stereocenters. The maximum Gasteiger partial charge on any atom is 0.247 e. The number of nitrogens with one attached hydrogen (secondary N) is 1. The van der Waals surface area contributed by atoms with E-state index in [-0.39, 0.29) is 41.5 Å². The third-order valence-corrected chi connectivity index (χ3v) is 10.2. The van der Waals surface area contributed by atoms with Crippen molar-refractivity contribution in [3.05, 3.63) is 42.7 Å². The number of benzene rings is 1. The number of hydrogen-bond donors (Lipinski definition) is 2. The molecule has 2 atom stereocenters. The Hall–Kier alpha value is -2.53. The standard InChI is InChI=1S/C29H40N4O5S/c1-28(2,3)8-13-32-14-9-29(10-15-32)11-16-38-25-17-21(22-5-4-12-30-19-22)6-7-26(25)39(36,37)33-20-23(34)18-24(33)27(35)31-29/h4-7,12,17,19,23-24,34H,8-11,13-16,18,20H2,1-3H3,(H,31,35)/t23-,24+/m1/s1. The first kappa shape index (κ1) is 28.0. The van der Waals surface area contributed by atoms with Crippen molar-refractivity contribution in [3.8, 4) is 16.9 Å². The molecule has 0 radical (unpaired) electrons. The second-order valence-electron chi connectivity index (χ2n) is 12.4. The van der Waals surface area contributed by atoms with Crippen LogP contribution in [-0.4, -0.2) is 84.1 Å². The number of rotatable bonds is 3. The van der Waals surface area contributed by atoms with Gasteiger partial charge in [0.1, 0.15) is 16.7 Å². The average molecular weight is 557 g/mol. The summed E-state index contributed by atoms with van der Waals surface area (Å²) in [7, 11) is -4.11. The van der Waals surface area contributed by atoms with Gasteiger partial charge in [-0.2, -0.15) is 4.31 Å². The monoisotopic (exact) mass is 556 g/mol. The topological polar surface area (TPSA) is 112 Å². The van der Waals surface area contributed by atoms with Crippen LogP contribution in [0.2, 0.25) is 0 Å². The molecule has 10 heteroatoms. The first-order chi connectivity index (χ1) is 18.5. The minimum atomic E-state index is -4.11. The van der Waals surface area contributed by atoms with Crippen molar-refractivity contribution in [3.63, 3.8) is 0 Å². The molecule has 3 aliphatic heterocycles. The summed E-state index contributed by atoms with van der Waals surface area (Å²) in [5.74, 6) is -0.0858. The van der Waals surface area contributed by atoms with Crippen molar-refractivity contribution in [2.75, 3.05) is 32.8 Å². The fourth-order valence-corrected chi connectivity index (χ4v) is 7.55. The van der Waals surface area contributed by atoms with Crippen LogP contribution < -0.4 is 10.1 Å². The Morgan fingerprint density at radius 1 is 1.15 bits per heavy atom. The molecule has 1 amide bonds. The normalized spacial score (nSPS) is 25.7. The van der Waals surface area contributed by atoms with Crippen LogP contribution in [0.15, 0.2) is 47.6 Å². The van der Waals surface area contributed by atoms with Crippen LogP contribution >= 0.6 is 0 Å². The minimum absolute atomic E-state index is 0.00925. The summed E-state index contributed by atoms with van der Waals surface area (Å²) in [6, 6.07) is 7.77. The highest BCUT2D eigenvalue weighted by molar-refractivity contribution is 7.89. The van der Waals surface area contributed by atoms with E-state index < -0.39 is 27.7 Å². The first-order valence-corrected chi connectivity index (χ1v) is 15.3. The van der Waals surface area contributed by atoms with E-state index in [2.05, 4.69) is 36.0 Å². The largest absolute Gasteiger partial charge is 0.492 e. The Kier molecular flexibility index (Phi) is 7.76. The molecule has 3 aliphatic rings. The summed E-state index contributed by atoms with van der Waals surface area (Å²) in [4.78, 5) is 20.3. The number of pyridine rings is 1. The molecule has 2 N–H and O–H groups in total. The number of aliphatic hydroxyl groups excluding tert-OH is 1. The second kappa shape index (κ2) is 10.8. The van der Waals surface area contributed by atoms with Crippen molar-refractivity contribution < 1.29 is 23.1 Å². The Morgan fingerprint density at radius 2 is 1.92 bits per heavy atom. The Balaban J connectivity index is 1.46. The quantitative estimate of drug-likeness (QED) is 0.598. The van der Waals surface area contributed by atoms with Gasteiger partial charge in [-0.15, -0.1) is 0 Å². The van der Waals surface area contributed by atoms with Gasteiger partial charge in [-0.05, 0) is 55.0 Å². The van der Waals surface area contributed by atoms with Crippen LogP contribution in [0.1, 0.15) is 52.9 Å². The van der Waals surface area contributed by atoms with E-state index in [1.165, 1.54) is 6.07 Å². The smallest absolute Gasteiger partial charge is 0.247 e. The molecule has 0 saturated carbocycles. The van der Waals surface area contributed by atoms with Crippen LogP contribution in [0.4, 0.5) is 0 Å². The molecule has 2 fully saturated rings. The molecule has 4 heterocycles. The fourth-order valence-electron chi connectivity index (χ4n) is 5.80. The van der Waals surface area contributed by atoms with Gasteiger partial charge < -0.3 is 20.1 Å². The fraction of sp³-hybridized carbons (Fsp3) is 0.586. The lowest BCUT2D eigenvalue weighted by Crippen LogP contribution is -2.59. The maximum atomic E-state index is 13.9. The summed E-state index contributed by atoms with van der Waals surface area (Å²) in [6.07, 6.45) is 5.75. The third kappa shape index (κ3) is 6.14. The molecular formula is C29H40N4O5S. The number of sulfonamides is 1. The molecule has 2 aromatic rings. The Morgan fingerprint density at radius 3 is 2.62 bits per heavy atom. The van der Waals surface area contributed by atoms with Gasteiger partial charge in [0.2, 0.25) is 15.9 Å². The van der Waals surface area contributed by atoms with E-state index >= 15 is 0 Å². The molecule has 1 aromatic carbocycles. The minimum Gasteiger partial charge on any atom is -0.492 e. The van der Waals surface area contributed by atoms with Crippen molar-refractivity contribution >= 4 is 15.9 Å². The summed E-state index contributed by atoms with van der Waals surface area (Å²) in [5.41, 5.74) is 1.40. The lowest BCUT2D eigenvalue weighted by molar-refractivity contribution is -0.127. The van der Waals surface area contributed by atoms with Crippen LogP contribution in [0.5, 0.6) is 5.75 Å². The Labute approximate surface area is 231 Å². The van der Waals surface area contributed by atoms with Crippen molar-refractivity contribution in [2.45, 2.75) is 75.5 Å². The van der Waals surface area contributed by atoms with Gasteiger partial charge in [-0.1, -0.05) is 32.9 Å². The number of piperidine rings is 1. The second-order valence-corrected chi connectivity index (χ2v) is 14.3. The van der Waals surface area contributed by atoms with Gasteiger partial charge in [0.05, 0.1) is 12.7 Å². The number of ether oxygens (including phenoxy) is 1. The average Bonchev–Trinajstić information content (AvgIpc) is 3.30. The third-order valence-electron chi connectivity index (χ3n) is 8.28. The van der Waals surface area contributed by atoms with Gasteiger partial charge in [0, 0.05) is 56.0 Å². The molecular weight excluding hydrogens is 516 g/mol. The van der Waals surface area contributed by atoms with Gasteiger partial charge in [0.15, 0.2) is 0 Å². The molecule has 5 rings (SSSR count). The summed E-state index contributed by atoms with van der Waals surface area (Å²) < 4.78 is 35.1. The summed E-state index contributed by atoms with van der Waals surface area (Å²) in [5, 5.41) is 13.7. The van der Waals surface area contributed by atoms with Gasteiger partial charge in [-0.25, -0.2) is 8.42 Å². The molecule has 0 bridgehead atoms. The first-order valence-electron chi connectivity index (χ1n) is 13.9. The van der Waals surface area contributed by atoms with E-state index in [1.54, 1.807) is 24.5 Å². The SMILES string of the molecule is CC(C)(C)CCN1CCC2(CCOc3cc(-c4cccnc4)ccc3S(=O)(=O)N3C[C@H](O)C[C@H]3C(=O)N2)CC1. The molecule has 1 spiro atoms. The van der Waals surface area contributed by atoms with E-state index in [9.17, 15) is 18.3 Å². The highest BCUT2D eigenvalue weighted by Crippen LogP contribution is 2.37. The molecule has 2 saturated heterocycles. The molecule has 9 nitrogen and oxygen atoms in total. The number of aromatic nitrogens is 1. The zero-order chi connectivity index (χ0) is 27.8. The van der Waals surface area contributed by atoms with E-state index in [4.69, 9.17) is 4.74 Å². The van der Waals surface area contributed by atoms with Gasteiger partial charge >= 0.3 is 0 Å². The van der Waals surface area contributed by atoms with Crippen molar-refractivity contribution in [2.24, 2.45) is 5.41 Å². The van der Waals surface area contributed by atoms with E-state index in [0.717, 1.165) is 54.3 Å². The summed E-state index contributed by atoms with van der Waals surface area (Å²) >= 11 is 0. The number of fused-ring (bicyclic) bond motifs is 2. The predicted octanol–water partition coefficient (Wildman–Crippen LogP) is 3.04. The molecule has 212 valence electrons. The lowest BCUT2D eigenvalue weighted by atomic mass is 9.83. The predicted molar refractivity (Wildman–Crippen MR) is 149 cm³/mol. The van der Waals surface area contributed by atoms with Gasteiger partial charge in [-0.3, -0.25) is 9.78 Å². The number of nitrogens with zero attached hydrogens (tertiary/aromatic N) is 3. The molecule has 1 aromatic heterocycles. The van der Waals surface area contributed by atoms with Crippen LogP contribution in [-0.2, 0) is 14.8 Å². The number of amides is 1. The van der Waals surface area contributed by atoms with Crippen LogP contribution in [0.3, 0.4) is 0 Å². The highest BCUT2D eigenvalue weighted by Gasteiger charge is 2.47. The van der Waals surface area contributed by atoms with E-state index in [0.29, 0.717) is 6.42 Å².